The van der Waals surface area contributed by atoms with Crippen LogP contribution in [0.3, 0.4) is 0 Å². The summed E-state index contributed by atoms with van der Waals surface area (Å²) in [6.45, 7) is 0.696. The molecule has 1 heterocycles. The quantitative estimate of drug-likeness (QED) is 0.801. The molecule has 1 aromatic rings. The number of benzene rings is 1. The Balaban J connectivity index is 2.30. The maximum Gasteiger partial charge on any atom is 0.237 e. The van der Waals surface area contributed by atoms with Crippen LogP contribution in [0.4, 0.5) is 11.4 Å². The van der Waals surface area contributed by atoms with Crippen molar-refractivity contribution < 1.29 is 13.2 Å². The molecule has 0 aliphatic carbocycles. The van der Waals surface area contributed by atoms with Gasteiger partial charge in [0.25, 0.3) is 0 Å². The van der Waals surface area contributed by atoms with E-state index in [4.69, 9.17) is 10.5 Å². The van der Waals surface area contributed by atoms with Gasteiger partial charge in [0.2, 0.25) is 10.0 Å². The Hall–Kier alpha value is -1.27. The number of sulfonamides is 1. The van der Waals surface area contributed by atoms with Crippen LogP contribution in [-0.2, 0) is 21.2 Å². The number of fused-ring (bicyclic) bond motifs is 1. The second kappa shape index (κ2) is 4.54. The highest BCUT2D eigenvalue weighted by atomic mass is 32.2. The molecule has 0 bridgehead atoms. The largest absolute Gasteiger partial charge is 0.399 e. The Morgan fingerprint density at radius 2 is 2.24 bits per heavy atom. The molecular formula is C11H16N2O3S. The van der Waals surface area contributed by atoms with Crippen molar-refractivity contribution in [3.8, 4) is 0 Å². The zero-order valence-electron chi connectivity index (χ0n) is 9.72. The summed E-state index contributed by atoms with van der Waals surface area (Å²) in [4.78, 5) is 0. The number of nitrogen functional groups attached to an aromatic ring is 1. The first-order chi connectivity index (χ1) is 8.04. The topological polar surface area (TPSA) is 72.6 Å². The van der Waals surface area contributed by atoms with Gasteiger partial charge in [-0.2, -0.15) is 0 Å². The van der Waals surface area contributed by atoms with Crippen LogP contribution in [0.1, 0.15) is 5.56 Å². The summed E-state index contributed by atoms with van der Waals surface area (Å²) in [5, 5.41) is 0. The third-order valence-corrected chi connectivity index (χ3v) is 4.58. The molecule has 1 aliphatic heterocycles. The van der Waals surface area contributed by atoms with E-state index in [0.717, 1.165) is 12.0 Å². The molecule has 94 valence electrons. The number of nitrogens with zero attached hydrogens (tertiary/aromatic N) is 1. The zero-order valence-corrected chi connectivity index (χ0v) is 10.5. The molecule has 1 aromatic carbocycles. The van der Waals surface area contributed by atoms with Crippen LogP contribution in [0.5, 0.6) is 0 Å². The van der Waals surface area contributed by atoms with E-state index in [0.29, 0.717) is 17.9 Å². The molecule has 2 rings (SSSR count). The predicted molar refractivity (Wildman–Crippen MR) is 67.6 cm³/mol. The van der Waals surface area contributed by atoms with E-state index in [1.165, 1.54) is 11.4 Å². The molecule has 0 saturated carbocycles. The minimum Gasteiger partial charge on any atom is -0.399 e. The normalized spacial score (nSPS) is 15.0. The number of hydrogen-bond acceptors (Lipinski definition) is 4. The molecule has 1 aliphatic rings. The summed E-state index contributed by atoms with van der Waals surface area (Å²) in [6, 6.07) is 5.40. The van der Waals surface area contributed by atoms with E-state index in [-0.39, 0.29) is 12.4 Å². The highest BCUT2D eigenvalue weighted by molar-refractivity contribution is 7.92. The molecule has 0 atom stereocenters. The fraction of sp³-hybridized carbons (Fsp3) is 0.455. The molecule has 6 heteroatoms. The van der Waals surface area contributed by atoms with Crippen molar-refractivity contribution in [3.05, 3.63) is 23.8 Å². The minimum absolute atomic E-state index is 0.00224. The molecule has 5 nitrogen and oxygen atoms in total. The van der Waals surface area contributed by atoms with Crippen LogP contribution in [0.2, 0.25) is 0 Å². The average Bonchev–Trinajstić information content (AvgIpc) is 2.70. The summed E-state index contributed by atoms with van der Waals surface area (Å²) in [5.41, 5.74) is 8.01. The second-order valence-corrected chi connectivity index (χ2v) is 6.03. The fourth-order valence-corrected chi connectivity index (χ4v) is 3.39. The first-order valence-corrected chi connectivity index (χ1v) is 7.03. The van der Waals surface area contributed by atoms with E-state index in [1.807, 2.05) is 6.07 Å². The highest BCUT2D eigenvalue weighted by Crippen LogP contribution is 2.32. The van der Waals surface area contributed by atoms with Gasteiger partial charge in [-0.15, -0.1) is 0 Å². The van der Waals surface area contributed by atoms with Gasteiger partial charge in [0.15, 0.2) is 0 Å². The molecule has 2 N–H and O–H groups in total. The molecule has 0 saturated heterocycles. The van der Waals surface area contributed by atoms with E-state index in [9.17, 15) is 8.42 Å². The number of nitrogens with two attached hydrogens (primary N) is 1. The van der Waals surface area contributed by atoms with Gasteiger partial charge in [0, 0.05) is 19.3 Å². The van der Waals surface area contributed by atoms with Gasteiger partial charge in [0.1, 0.15) is 0 Å². The summed E-state index contributed by atoms with van der Waals surface area (Å²) >= 11 is 0. The van der Waals surface area contributed by atoms with Crippen molar-refractivity contribution in [3.63, 3.8) is 0 Å². The Morgan fingerprint density at radius 3 is 2.94 bits per heavy atom. The van der Waals surface area contributed by atoms with Gasteiger partial charge < -0.3 is 10.5 Å². The van der Waals surface area contributed by atoms with Gasteiger partial charge in [0.05, 0.1) is 18.0 Å². The fourth-order valence-electron chi connectivity index (χ4n) is 1.95. The molecule has 0 unspecified atom stereocenters. The smallest absolute Gasteiger partial charge is 0.237 e. The summed E-state index contributed by atoms with van der Waals surface area (Å²) < 4.78 is 30.4. The molecule has 0 radical (unpaired) electrons. The van der Waals surface area contributed by atoms with E-state index >= 15 is 0 Å². The number of methoxy groups -OCH3 is 1. The van der Waals surface area contributed by atoms with Crippen LogP contribution >= 0.6 is 0 Å². The van der Waals surface area contributed by atoms with Gasteiger partial charge in [-0.05, 0) is 24.1 Å². The zero-order chi connectivity index (χ0) is 12.5. The van der Waals surface area contributed by atoms with Gasteiger partial charge in [-0.3, -0.25) is 4.31 Å². The van der Waals surface area contributed by atoms with Crippen LogP contribution in [-0.4, -0.2) is 34.4 Å². The van der Waals surface area contributed by atoms with Crippen molar-refractivity contribution in [1.82, 2.24) is 0 Å². The summed E-state index contributed by atoms with van der Waals surface area (Å²) in [7, 11) is -1.81. The van der Waals surface area contributed by atoms with Gasteiger partial charge in [-0.1, -0.05) is 6.07 Å². The Bertz CT molecular complexity index is 513. The predicted octanol–water partition coefficient (Wildman–Crippen LogP) is 0.608. The van der Waals surface area contributed by atoms with Gasteiger partial charge in [-0.25, -0.2) is 8.42 Å². The minimum atomic E-state index is -3.30. The maximum atomic E-state index is 12.1. The molecule has 0 spiro atoms. The van der Waals surface area contributed by atoms with Crippen LogP contribution in [0.15, 0.2) is 18.2 Å². The molecular weight excluding hydrogens is 240 g/mol. The molecule has 0 aromatic heterocycles. The lowest BCUT2D eigenvalue weighted by molar-refractivity contribution is 0.217. The standard InChI is InChI=1S/C11H16N2O3S/c1-16-6-7-17(14,15)13-5-4-9-2-3-10(12)8-11(9)13/h2-3,8H,4-7,12H2,1H3. The lowest BCUT2D eigenvalue weighted by Crippen LogP contribution is -2.32. The SMILES string of the molecule is COCCS(=O)(=O)N1CCc2ccc(N)cc21. The first kappa shape index (κ1) is 12.2. The van der Waals surface area contributed by atoms with Crippen molar-refractivity contribution in [1.29, 1.82) is 0 Å². The van der Waals surface area contributed by atoms with Crippen molar-refractivity contribution >= 4 is 21.4 Å². The van der Waals surface area contributed by atoms with Crippen molar-refractivity contribution in [2.45, 2.75) is 6.42 Å². The van der Waals surface area contributed by atoms with E-state index in [1.54, 1.807) is 12.1 Å². The second-order valence-electron chi connectivity index (χ2n) is 4.02. The summed E-state index contributed by atoms with van der Waals surface area (Å²) in [6.07, 6.45) is 0.738. The average molecular weight is 256 g/mol. The lowest BCUT2D eigenvalue weighted by atomic mass is 10.1. The van der Waals surface area contributed by atoms with Crippen LogP contribution in [0, 0.1) is 0 Å². The monoisotopic (exact) mass is 256 g/mol. The molecule has 17 heavy (non-hydrogen) atoms. The Morgan fingerprint density at radius 1 is 1.47 bits per heavy atom. The third kappa shape index (κ3) is 2.37. The van der Waals surface area contributed by atoms with Crippen molar-refractivity contribution in [2.75, 3.05) is 36.1 Å². The Kier molecular flexibility index (Phi) is 3.26. The number of ether oxygens (including phenoxy) is 1. The lowest BCUT2D eigenvalue weighted by Gasteiger charge is -2.19. The number of hydrogen-bond donors (Lipinski definition) is 1. The van der Waals surface area contributed by atoms with Crippen LogP contribution < -0.4 is 10.0 Å². The van der Waals surface area contributed by atoms with Gasteiger partial charge >= 0.3 is 0 Å². The number of rotatable bonds is 4. The van der Waals surface area contributed by atoms with E-state index in [2.05, 4.69) is 0 Å². The maximum absolute atomic E-state index is 12.1. The Labute approximate surface area is 101 Å². The highest BCUT2D eigenvalue weighted by Gasteiger charge is 2.28. The van der Waals surface area contributed by atoms with Crippen LogP contribution in [0.25, 0.3) is 0 Å². The number of anilines is 2. The third-order valence-electron chi connectivity index (χ3n) is 2.84. The molecule has 0 fully saturated rings. The van der Waals surface area contributed by atoms with E-state index < -0.39 is 10.0 Å². The summed E-state index contributed by atoms with van der Waals surface area (Å²) in [5.74, 6) is -0.00224. The molecule has 0 amide bonds. The first-order valence-electron chi connectivity index (χ1n) is 5.42. The van der Waals surface area contributed by atoms with Crippen molar-refractivity contribution in [2.24, 2.45) is 0 Å².